The first-order valence-corrected chi connectivity index (χ1v) is 11.7. The Balaban J connectivity index is 1.27. The summed E-state index contributed by atoms with van der Waals surface area (Å²) >= 11 is 0. The Morgan fingerprint density at radius 3 is 2.66 bits per heavy atom. The van der Waals surface area contributed by atoms with E-state index < -0.39 is 0 Å². The lowest BCUT2D eigenvalue weighted by Crippen LogP contribution is -2.38. The number of ether oxygens (including phenoxy) is 3. The van der Waals surface area contributed by atoms with Crippen LogP contribution in [-0.2, 0) is 4.74 Å². The highest BCUT2D eigenvalue weighted by molar-refractivity contribution is 5.97. The molecule has 3 N–H and O–H groups in total. The van der Waals surface area contributed by atoms with E-state index in [0.29, 0.717) is 18.2 Å². The number of nitrogens with two attached hydrogens (primary N) is 1. The highest BCUT2D eigenvalue weighted by Gasteiger charge is 2.11. The average molecular weight is 470 g/mol. The number of nitrogen functional groups attached to an aromatic ring is 1. The van der Waals surface area contributed by atoms with Gasteiger partial charge in [-0.1, -0.05) is 24.3 Å². The molecule has 1 aromatic heterocycles. The molecule has 1 aliphatic rings. The van der Waals surface area contributed by atoms with Crippen LogP contribution >= 0.6 is 0 Å². The minimum Gasteiger partial charge on any atom is -0.492 e. The van der Waals surface area contributed by atoms with Gasteiger partial charge >= 0.3 is 0 Å². The quantitative estimate of drug-likeness (QED) is 0.341. The van der Waals surface area contributed by atoms with Crippen molar-refractivity contribution >= 4 is 28.0 Å². The maximum atomic E-state index is 6.20. The lowest BCUT2D eigenvalue weighted by molar-refractivity contribution is 0.0322. The molecule has 35 heavy (non-hydrogen) atoms. The molecule has 7 nitrogen and oxygen atoms in total. The number of anilines is 3. The third-order valence-electron chi connectivity index (χ3n) is 5.90. The Kier molecular flexibility index (Phi) is 6.97. The van der Waals surface area contributed by atoms with Gasteiger partial charge in [0.1, 0.15) is 29.7 Å². The second kappa shape index (κ2) is 10.6. The molecule has 2 heterocycles. The molecule has 0 unspecified atom stereocenters. The van der Waals surface area contributed by atoms with Crippen molar-refractivity contribution in [1.82, 2.24) is 9.88 Å². The minimum absolute atomic E-state index is 0.611. The molecule has 1 aliphatic heterocycles. The number of morpholine rings is 1. The molecule has 5 rings (SSSR count). The summed E-state index contributed by atoms with van der Waals surface area (Å²) in [5.41, 5.74) is 8.55. The lowest BCUT2D eigenvalue weighted by atomic mass is 10.1. The van der Waals surface area contributed by atoms with Crippen molar-refractivity contribution in [3.8, 4) is 17.2 Å². The highest BCUT2D eigenvalue weighted by atomic mass is 16.5. The van der Waals surface area contributed by atoms with Crippen LogP contribution < -0.4 is 20.5 Å². The summed E-state index contributed by atoms with van der Waals surface area (Å²) < 4.78 is 17.6. The van der Waals surface area contributed by atoms with E-state index in [-0.39, 0.29) is 0 Å². The van der Waals surface area contributed by atoms with E-state index in [9.17, 15) is 0 Å². The number of pyridine rings is 1. The molecule has 0 amide bonds. The number of rotatable bonds is 8. The van der Waals surface area contributed by atoms with E-state index in [1.165, 1.54) is 0 Å². The van der Waals surface area contributed by atoms with Gasteiger partial charge < -0.3 is 25.3 Å². The molecular formula is C28H29N4O3. The van der Waals surface area contributed by atoms with Gasteiger partial charge in [0.2, 0.25) is 0 Å². The molecule has 0 atom stereocenters. The standard InChI is InChI=1S/C28H29N4O3/c1-20-16-21(18-23(17-20)34-15-12-32-10-13-33-14-11-32)31-28-19-22(8-9-30-28)35-27-7-6-26(29)24-4-2-3-5-25(24)27/h2-9,16-19H,1,10-15,29H2,(H,30,31). The number of fused-ring (bicyclic) bond motifs is 1. The topological polar surface area (TPSA) is 81.9 Å². The van der Waals surface area contributed by atoms with Crippen LogP contribution in [0.15, 0.2) is 72.9 Å². The van der Waals surface area contributed by atoms with Crippen LogP contribution in [-0.4, -0.2) is 49.3 Å². The van der Waals surface area contributed by atoms with Gasteiger partial charge in [-0.3, -0.25) is 4.90 Å². The second-order valence-electron chi connectivity index (χ2n) is 8.47. The number of hydrogen-bond donors (Lipinski definition) is 2. The van der Waals surface area contributed by atoms with Crippen LogP contribution in [0.1, 0.15) is 5.56 Å². The third kappa shape index (κ3) is 5.82. The fourth-order valence-corrected chi connectivity index (χ4v) is 4.14. The maximum Gasteiger partial charge on any atom is 0.135 e. The SMILES string of the molecule is [CH2]c1cc(Nc2cc(Oc3ccc(N)c4ccccc34)ccn2)cc(OCCN2CCOCC2)c1. The molecule has 3 aromatic carbocycles. The number of nitrogens with zero attached hydrogens (tertiary/aromatic N) is 2. The lowest BCUT2D eigenvalue weighted by Gasteiger charge is -2.26. The van der Waals surface area contributed by atoms with Crippen LogP contribution in [0.4, 0.5) is 17.2 Å². The van der Waals surface area contributed by atoms with Crippen LogP contribution in [0.2, 0.25) is 0 Å². The summed E-state index contributed by atoms with van der Waals surface area (Å²) in [6.45, 7) is 9.03. The predicted molar refractivity (Wildman–Crippen MR) is 140 cm³/mol. The van der Waals surface area contributed by atoms with Crippen molar-refractivity contribution in [2.24, 2.45) is 0 Å². The Morgan fingerprint density at radius 2 is 1.80 bits per heavy atom. The van der Waals surface area contributed by atoms with Crippen molar-refractivity contribution in [3.05, 3.63) is 85.4 Å². The molecule has 1 radical (unpaired) electrons. The van der Waals surface area contributed by atoms with Crippen molar-refractivity contribution in [2.75, 3.05) is 50.5 Å². The highest BCUT2D eigenvalue weighted by Crippen LogP contribution is 2.34. The summed E-state index contributed by atoms with van der Waals surface area (Å²) in [5.74, 6) is 2.84. The van der Waals surface area contributed by atoms with Gasteiger partial charge in [0, 0.05) is 60.1 Å². The van der Waals surface area contributed by atoms with Gasteiger partial charge in [0.05, 0.1) is 13.2 Å². The Morgan fingerprint density at radius 1 is 0.971 bits per heavy atom. The molecule has 7 heteroatoms. The van der Waals surface area contributed by atoms with Crippen LogP contribution in [0.5, 0.6) is 17.2 Å². The van der Waals surface area contributed by atoms with Gasteiger partial charge in [-0.15, -0.1) is 0 Å². The zero-order valence-corrected chi connectivity index (χ0v) is 19.6. The van der Waals surface area contributed by atoms with Gasteiger partial charge in [-0.2, -0.15) is 0 Å². The smallest absolute Gasteiger partial charge is 0.135 e. The van der Waals surface area contributed by atoms with Gasteiger partial charge in [-0.05, 0) is 42.8 Å². The van der Waals surface area contributed by atoms with Crippen molar-refractivity contribution in [1.29, 1.82) is 0 Å². The number of benzene rings is 3. The van der Waals surface area contributed by atoms with E-state index in [1.54, 1.807) is 6.20 Å². The average Bonchev–Trinajstić information content (AvgIpc) is 2.87. The molecule has 0 bridgehead atoms. The molecule has 179 valence electrons. The van der Waals surface area contributed by atoms with Crippen LogP contribution in [0.3, 0.4) is 0 Å². The predicted octanol–water partition coefficient (Wildman–Crippen LogP) is 5.25. The van der Waals surface area contributed by atoms with E-state index >= 15 is 0 Å². The summed E-state index contributed by atoms with van der Waals surface area (Å²) in [4.78, 5) is 6.79. The van der Waals surface area contributed by atoms with Crippen LogP contribution in [0.25, 0.3) is 10.8 Å². The summed E-state index contributed by atoms with van der Waals surface area (Å²) in [6, 6.07) is 21.2. The van der Waals surface area contributed by atoms with Crippen molar-refractivity contribution in [3.63, 3.8) is 0 Å². The van der Waals surface area contributed by atoms with E-state index in [2.05, 4.69) is 22.1 Å². The Labute approximate surface area is 205 Å². The van der Waals surface area contributed by atoms with Gasteiger partial charge in [0.25, 0.3) is 0 Å². The summed E-state index contributed by atoms with van der Waals surface area (Å²) in [5, 5.41) is 5.26. The molecular weight excluding hydrogens is 440 g/mol. The second-order valence-corrected chi connectivity index (χ2v) is 8.47. The molecule has 0 aliphatic carbocycles. The number of aromatic nitrogens is 1. The first kappa shape index (κ1) is 23.0. The molecule has 1 saturated heterocycles. The number of hydrogen-bond acceptors (Lipinski definition) is 7. The van der Waals surface area contributed by atoms with E-state index in [1.807, 2.05) is 66.7 Å². The molecule has 1 fully saturated rings. The third-order valence-corrected chi connectivity index (χ3v) is 5.90. The van der Waals surface area contributed by atoms with E-state index in [4.69, 9.17) is 19.9 Å². The first-order chi connectivity index (χ1) is 17.1. The summed E-state index contributed by atoms with van der Waals surface area (Å²) in [6.07, 6.45) is 1.71. The Hall–Kier alpha value is -3.81. The fourth-order valence-electron chi connectivity index (χ4n) is 4.14. The van der Waals surface area contributed by atoms with Crippen molar-refractivity contribution < 1.29 is 14.2 Å². The minimum atomic E-state index is 0.611. The zero-order chi connectivity index (χ0) is 24.0. The van der Waals surface area contributed by atoms with Gasteiger partial charge in [-0.25, -0.2) is 4.98 Å². The monoisotopic (exact) mass is 469 g/mol. The van der Waals surface area contributed by atoms with E-state index in [0.717, 1.165) is 72.1 Å². The molecule has 0 spiro atoms. The van der Waals surface area contributed by atoms with Gasteiger partial charge in [0.15, 0.2) is 0 Å². The molecule has 0 saturated carbocycles. The van der Waals surface area contributed by atoms with Crippen molar-refractivity contribution in [2.45, 2.75) is 0 Å². The van der Waals surface area contributed by atoms with Crippen LogP contribution in [0, 0.1) is 6.92 Å². The largest absolute Gasteiger partial charge is 0.492 e. The first-order valence-electron chi connectivity index (χ1n) is 11.7. The summed E-state index contributed by atoms with van der Waals surface area (Å²) in [7, 11) is 0. The zero-order valence-electron chi connectivity index (χ0n) is 19.6. The fraction of sp³-hybridized carbons (Fsp3) is 0.214. The Bertz CT molecular complexity index is 1300. The molecule has 4 aromatic rings. The number of nitrogens with one attached hydrogen (secondary N) is 1. The normalized spacial score (nSPS) is 14.1. The maximum absolute atomic E-state index is 6.20.